The number of carbonyl (C=O) groups is 1. The van der Waals surface area contributed by atoms with Crippen molar-refractivity contribution in [3.05, 3.63) is 36.0 Å². The molecule has 1 saturated carbocycles. The second-order valence-corrected chi connectivity index (χ2v) is 5.78. The molecule has 21 heavy (non-hydrogen) atoms. The maximum atomic E-state index is 12.4. The zero-order valence-electron chi connectivity index (χ0n) is 12.1. The highest BCUT2D eigenvalue weighted by Gasteiger charge is 2.17. The number of aromatic nitrogens is 1. The van der Waals surface area contributed by atoms with Gasteiger partial charge in [-0.15, -0.1) is 0 Å². The molecule has 3 N–H and O–H groups in total. The van der Waals surface area contributed by atoms with Gasteiger partial charge in [-0.2, -0.15) is 0 Å². The lowest BCUT2D eigenvalue weighted by molar-refractivity contribution is 0.0928. The molecule has 0 unspecified atom stereocenters. The Morgan fingerprint density at radius 3 is 2.62 bits per heavy atom. The zero-order chi connectivity index (χ0) is 14.7. The van der Waals surface area contributed by atoms with Crippen LogP contribution in [0.5, 0.6) is 0 Å². The molecule has 1 amide bonds. The van der Waals surface area contributed by atoms with Gasteiger partial charge in [0.05, 0.1) is 5.52 Å². The lowest BCUT2D eigenvalue weighted by Crippen LogP contribution is -2.34. The van der Waals surface area contributed by atoms with Crippen LogP contribution in [0.4, 0.5) is 5.69 Å². The normalized spacial score (nSPS) is 16.6. The van der Waals surface area contributed by atoms with Crippen LogP contribution in [-0.2, 0) is 0 Å². The summed E-state index contributed by atoms with van der Waals surface area (Å²) in [5.74, 6) is -0.112. The van der Waals surface area contributed by atoms with Gasteiger partial charge in [-0.05, 0) is 25.0 Å². The first-order valence-electron chi connectivity index (χ1n) is 7.70. The van der Waals surface area contributed by atoms with Crippen LogP contribution in [0.3, 0.4) is 0 Å². The minimum absolute atomic E-state index is 0.112. The van der Waals surface area contributed by atoms with Crippen LogP contribution in [0, 0.1) is 0 Å². The summed E-state index contributed by atoms with van der Waals surface area (Å²) in [7, 11) is 0. The van der Waals surface area contributed by atoms with Gasteiger partial charge < -0.3 is 11.1 Å². The van der Waals surface area contributed by atoms with E-state index in [-0.39, 0.29) is 11.9 Å². The molecule has 1 heterocycles. The maximum absolute atomic E-state index is 12.4. The van der Waals surface area contributed by atoms with Gasteiger partial charge in [0.2, 0.25) is 0 Å². The third-order valence-corrected chi connectivity index (χ3v) is 4.17. The number of hydrogen-bond acceptors (Lipinski definition) is 3. The number of hydrogen-bond donors (Lipinski definition) is 2. The minimum Gasteiger partial charge on any atom is -0.398 e. The fourth-order valence-electron chi connectivity index (χ4n) is 3.00. The molecule has 0 saturated heterocycles. The predicted molar refractivity (Wildman–Crippen MR) is 85.1 cm³/mol. The molecule has 2 aromatic rings. The van der Waals surface area contributed by atoms with Crippen molar-refractivity contribution >= 4 is 22.5 Å². The Hall–Kier alpha value is -2.10. The molecule has 0 aliphatic heterocycles. The Balaban J connectivity index is 1.80. The Kier molecular flexibility index (Phi) is 4.04. The molecular formula is C17H21N3O. The number of rotatable bonds is 2. The summed E-state index contributed by atoms with van der Waals surface area (Å²) in [4.78, 5) is 16.8. The molecule has 1 fully saturated rings. The molecule has 4 heteroatoms. The van der Waals surface area contributed by atoms with Gasteiger partial charge >= 0.3 is 0 Å². The largest absolute Gasteiger partial charge is 0.398 e. The molecule has 1 aromatic carbocycles. The number of carbonyl (C=O) groups excluding carboxylic acids is 1. The first kappa shape index (κ1) is 13.9. The smallest absolute Gasteiger partial charge is 0.270 e. The highest BCUT2D eigenvalue weighted by atomic mass is 16.1. The van der Waals surface area contributed by atoms with Crippen LogP contribution in [-0.4, -0.2) is 16.9 Å². The van der Waals surface area contributed by atoms with Gasteiger partial charge in [0.25, 0.3) is 5.91 Å². The third-order valence-electron chi connectivity index (χ3n) is 4.17. The van der Waals surface area contributed by atoms with E-state index >= 15 is 0 Å². The lowest BCUT2D eigenvalue weighted by Gasteiger charge is -2.16. The Morgan fingerprint density at radius 1 is 1.14 bits per heavy atom. The highest BCUT2D eigenvalue weighted by molar-refractivity contribution is 5.99. The second-order valence-electron chi connectivity index (χ2n) is 5.78. The van der Waals surface area contributed by atoms with Crippen molar-refractivity contribution in [1.82, 2.24) is 10.3 Å². The van der Waals surface area contributed by atoms with E-state index in [9.17, 15) is 4.79 Å². The predicted octanol–water partition coefficient (Wildman–Crippen LogP) is 3.27. The van der Waals surface area contributed by atoms with Gasteiger partial charge in [0, 0.05) is 17.1 Å². The summed E-state index contributed by atoms with van der Waals surface area (Å²) in [5.41, 5.74) is 7.82. The average Bonchev–Trinajstić information content (AvgIpc) is 2.76. The van der Waals surface area contributed by atoms with Crippen molar-refractivity contribution in [3.63, 3.8) is 0 Å². The van der Waals surface area contributed by atoms with Crippen molar-refractivity contribution in [1.29, 1.82) is 0 Å². The molecule has 110 valence electrons. The van der Waals surface area contributed by atoms with E-state index in [1.165, 1.54) is 25.7 Å². The Labute approximate surface area is 124 Å². The standard InChI is InChI=1S/C17H21N3O/c18-14-11-16(20-15-10-6-5-9-13(14)15)17(21)19-12-7-3-1-2-4-8-12/h5-6,9-12H,1-4,7-8H2,(H2,18,20)(H,19,21). The SMILES string of the molecule is Nc1cc(C(=O)NC2CCCCCC2)nc2ccccc12. The van der Waals surface area contributed by atoms with Gasteiger partial charge in [-0.3, -0.25) is 4.79 Å². The summed E-state index contributed by atoms with van der Waals surface area (Å²) in [6.45, 7) is 0. The fraction of sp³-hybridized carbons (Fsp3) is 0.412. The van der Waals surface area contributed by atoms with Gasteiger partial charge in [0.15, 0.2) is 0 Å². The molecule has 0 radical (unpaired) electrons. The van der Waals surface area contributed by atoms with Gasteiger partial charge in [0.1, 0.15) is 5.69 Å². The number of anilines is 1. The van der Waals surface area contributed by atoms with Gasteiger partial charge in [-0.25, -0.2) is 4.98 Å². The number of nitrogens with zero attached hydrogens (tertiary/aromatic N) is 1. The van der Waals surface area contributed by atoms with Crippen molar-refractivity contribution in [2.24, 2.45) is 0 Å². The molecule has 1 aliphatic rings. The number of para-hydroxylation sites is 1. The molecule has 0 bridgehead atoms. The van der Waals surface area contributed by atoms with Crippen LogP contribution in [0.2, 0.25) is 0 Å². The fourth-order valence-corrected chi connectivity index (χ4v) is 3.00. The molecular weight excluding hydrogens is 262 g/mol. The molecule has 1 aromatic heterocycles. The van der Waals surface area contributed by atoms with Crippen molar-refractivity contribution < 1.29 is 4.79 Å². The van der Waals surface area contributed by atoms with E-state index in [0.29, 0.717) is 11.4 Å². The number of nitrogens with one attached hydrogen (secondary N) is 1. The quantitative estimate of drug-likeness (QED) is 0.831. The summed E-state index contributed by atoms with van der Waals surface area (Å²) in [5, 5.41) is 4.00. The topological polar surface area (TPSA) is 68.0 Å². The Morgan fingerprint density at radius 2 is 1.86 bits per heavy atom. The summed E-state index contributed by atoms with van der Waals surface area (Å²) in [6, 6.07) is 9.58. The molecule has 0 spiro atoms. The monoisotopic (exact) mass is 283 g/mol. The van der Waals surface area contributed by atoms with E-state index in [2.05, 4.69) is 10.3 Å². The number of benzene rings is 1. The summed E-state index contributed by atoms with van der Waals surface area (Å²) in [6.07, 6.45) is 7.06. The number of pyridine rings is 1. The van der Waals surface area contributed by atoms with Crippen molar-refractivity contribution in [2.75, 3.05) is 5.73 Å². The molecule has 4 nitrogen and oxygen atoms in total. The van der Waals surface area contributed by atoms with Gasteiger partial charge in [-0.1, -0.05) is 43.9 Å². The first-order chi connectivity index (χ1) is 10.2. The third kappa shape index (κ3) is 3.15. The summed E-state index contributed by atoms with van der Waals surface area (Å²) < 4.78 is 0. The van der Waals surface area contributed by atoms with Crippen molar-refractivity contribution in [2.45, 2.75) is 44.6 Å². The number of nitrogen functional groups attached to an aromatic ring is 1. The number of fused-ring (bicyclic) bond motifs is 1. The first-order valence-corrected chi connectivity index (χ1v) is 7.70. The Bertz CT molecular complexity index is 646. The molecule has 0 atom stereocenters. The zero-order valence-corrected chi connectivity index (χ0v) is 12.1. The van der Waals surface area contributed by atoms with Crippen LogP contribution in [0.1, 0.15) is 49.0 Å². The van der Waals surface area contributed by atoms with E-state index in [0.717, 1.165) is 23.7 Å². The maximum Gasteiger partial charge on any atom is 0.270 e. The van der Waals surface area contributed by atoms with Crippen molar-refractivity contribution in [3.8, 4) is 0 Å². The number of amides is 1. The van der Waals surface area contributed by atoms with Crippen LogP contribution in [0.15, 0.2) is 30.3 Å². The van der Waals surface area contributed by atoms with Crippen LogP contribution >= 0.6 is 0 Å². The van der Waals surface area contributed by atoms with E-state index in [1.54, 1.807) is 6.07 Å². The molecule has 1 aliphatic carbocycles. The highest BCUT2D eigenvalue weighted by Crippen LogP contribution is 2.21. The van der Waals surface area contributed by atoms with E-state index in [1.807, 2.05) is 24.3 Å². The lowest BCUT2D eigenvalue weighted by atomic mass is 10.1. The minimum atomic E-state index is -0.112. The second kappa shape index (κ2) is 6.12. The average molecular weight is 283 g/mol. The summed E-state index contributed by atoms with van der Waals surface area (Å²) >= 11 is 0. The van der Waals surface area contributed by atoms with Crippen LogP contribution in [0.25, 0.3) is 10.9 Å². The van der Waals surface area contributed by atoms with Crippen LogP contribution < -0.4 is 11.1 Å². The number of nitrogens with two attached hydrogens (primary N) is 1. The van der Waals surface area contributed by atoms with E-state index in [4.69, 9.17) is 5.73 Å². The molecule has 3 rings (SSSR count). The van der Waals surface area contributed by atoms with E-state index < -0.39 is 0 Å².